The summed E-state index contributed by atoms with van der Waals surface area (Å²) in [5, 5.41) is 3.58. The number of piperidine rings is 2. The highest BCUT2D eigenvalue weighted by molar-refractivity contribution is 6.31. The molecule has 4 aromatic heterocycles. The van der Waals surface area contributed by atoms with Crippen LogP contribution in [0, 0.1) is 11.6 Å². The van der Waals surface area contributed by atoms with E-state index >= 15 is 0 Å². The first-order valence-electron chi connectivity index (χ1n) is 23.6. The Kier molecular flexibility index (Phi) is 15.3. The van der Waals surface area contributed by atoms with Crippen molar-refractivity contribution in [1.29, 1.82) is 0 Å². The first-order chi connectivity index (χ1) is 33.6. The van der Waals surface area contributed by atoms with Gasteiger partial charge in [-0.2, -0.15) is 0 Å². The predicted octanol–water partition coefficient (Wildman–Crippen LogP) is 6.14. The zero-order chi connectivity index (χ0) is 52.9. The summed E-state index contributed by atoms with van der Waals surface area (Å²) in [7, 11) is 5.91. The number of hydrogen-bond acceptors (Lipinski definition) is 11. The molecule has 0 unspecified atom stereocenters. The van der Waals surface area contributed by atoms with Gasteiger partial charge in [0.2, 0.25) is 0 Å². The van der Waals surface area contributed by atoms with Crippen molar-refractivity contribution in [2.45, 2.75) is 104 Å². The Morgan fingerprint density at radius 3 is 1.78 bits per heavy atom. The molecule has 3 N–H and O–H groups in total. The van der Waals surface area contributed by atoms with Gasteiger partial charge in [0.15, 0.2) is 0 Å². The van der Waals surface area contributed by atoms with Gasteiger partial charge in [0.05, 0.1) is 24.1 Å². The van der Waals surface area contributed by atoms with Crippen LogP contribution in [0.3, 0.4) is 0 Å². The molecule has 6 heterocycles. The number of carbonyl (C=O) groups is 2. The van der Waals surface area contributed by atoms with Crippen LogP contribution in [0.2, 0.25) is 10.0 Å². The molecule has 2 fully saturated rings. The van der Waals surface area contributed by atoms with Crippen LogP contribution >= 0.6 is 23.2 Å². The van der Waals surface area contributed by atoms with Crippen molar-refractivity contribution < 1.29 is 27.8 Å². The Balaban J connectivity index is 0.000000227. The lowest BCUT2D eigenvalue weighted by molar-refractivity contribution is 0.00711. The van der Waals surface area contributed by atoms with Gasteiger partial charge in [-0.1, -0.05) is 23.2 Å². The molecule has 2 aliphatic rings. The standard InChI is InChI=1S/C30H39ClFN5O6.C20H23ClFN5O2/c1-29(2,3)42-26(39)21-22-23(25(38)35(8)28(41)34(22)7)37(15-17-14-18(32)11-12-20(17)31)24(21)36-13-9-10-19(16-36)33-27(40)43-30(4,5)6;1-24-16-9-17(26-7-3-4-14(23)11-26)27(18(16)19(28)25(2)20(24)29)10-12-8-13(22)5-6-15(12)21/h11-12,14,19H,9-10,13,15-16H2,1-8H3,(H,33,40);5-6,8-9,14H,3-4,7,10-11,23H2,1-2H3/t19-;14-/m11/s1. The lowest BCUT2D eigenvalue weighted by Gasteiger charge is -2.36. The van der Waals surface area contributed by atoms with Crippen molar-refractivity contribution >= 4 is 69.0 Å². The smallest absolute Gasteiger partial charge is 0.407 e. The maximum Gasteiger partial charge on any atom is 0.407 e. The number of nitrogens with one attached hydrogen (secondary N) is 1. The molecule has 2 aliphatic heterocycles. The molecule has 1 amide bonds. The van der Waals surface area contributed by atoms with Crippen molar-refractivity contribution in [2.24, 2.45) is 33.9 Å². The number of alkyl carbamates (subject to hydrolysis) is 1. The van der Waals surface area contributed by atoms with Gasteiger partial charge in [0.25, 0.3) is 11.1 Å². The van der Waals surface area contributed by atoms with E-state index in [0.717, 1.165) is 34.3 Å². The zero-order valence-electron chi connectivity index (χ0n) is 42.2. The van der Waals surface area contributed by atoms with E-state index < -0.39 is 57.4 Å². The number of nitrogens with two attached hydrogens (primary N) is 1. The molecule has 2 aromatic carbocycles. The van der Waals surface area contributed by atoms with Gasteiger partial charge in [0, 0.05) is 82.6 Å². The summed E-state index contributed by atoms with van der Waals surface area (Å²) in [6, 6.07) is 9.59. The average molecular weight is 1040 g/mol. The van der Waals surface area contributed by atoms with E-state index in [0.29, 0.717) is 58.9 Å². The van der Waals surface area contributed by atoms with Gasteiger partial charge in [-0.15, -0.1) is 0 Å². The van der Waals surface area contributed by atoms with Crippen molar-refractivity contribution in [3.8, 4) is 0 Å². The van der Waals surface area contributed by atoms with Crippen LogP contribution in [0.4, 0.5) is 25.2 Å². The quantitative estimate of drug-likeness (QED) is 0.167. The Labute approximate surface area is 424 Å². The molecule has 72 heavy (non-hydrogen) atoms. The molecule has 388 valence electrons. The van der Waals surface area contributed by atoms with Crippen LogP contribution in [0.1, 0.15) is 88.7 Å². The fourth-order valence-electron chi connectivity index (χ4n) is 9.35. The number of amides is 1. The highest BCUT2D eigenvalue weighted by Crippen LogP contribution is 2.36. The second-order valence-corrected chi connectivity index (χ2v) is 21.3. The third-order valence-corrected chi connectivity index (χ3v) is 13.4. The third kappa shape index (κ3) is 11.1. The molecule has 0 saturated carbocycles. The summed E-state index contributed by atoms with van der Waals surface area (Å²) in [6.45, 7) is 12.7. The van der Waals surface area contributed by atoms with Crippen LogP contribution in [-0.2, 0) is 50.8 Å². The molecule has 18 nitrogen and oxygen atoms in total. The van der Waals surface area contributed by atoms with Crippen molar-refractivity contribution in [3.63, 3.8) is 0 Å². The molecule has 8 rings (SSSR count). The van der Waals surface area contributed by atoms with Gasteiger partial charge >= 0.3 is 23.4 Å². The van der Waals surface area contributed by atoms with E-state index in [4.69, 9.17) is 38.4 Å². The molecule has 0 aliphatic carbocycles. The van der Waals surface area contributed by atoms with E-state index in [-0.39, 0.29) is 53.3 Å². The van der Waals surface area contributed by atoms with E-state index in [1.165, 1.54) is 66.7 Å². The number of ether oxygens (including phenoxy) is 2. The van der Waals surface area contributed by atoms with Gasteiger partial charge in [-0.05, 0) is 115 Å². The lowest BCUT2D eigenvalue weighted by atomic mass is 10.1. The van der Waals surface area contributed by atoms with Crippen molar-refractivity contribution in [1.82, 2.24) is 32.7 Å². The molecule has 2 saturated heterocycles. The Hall–Kier alpha value is -6.38. The molecule has 0 radical (unpaired) electrons. The molecule has 22 heteroatoms. The maximum atomic E-state index is 14.4. The minimum absolute atomic E-state index is 0.0210. The second kappa shape index (κ2) is 20.6. The number of nitrogens with zero attached hydrogens (tertiary/aromatic N) is 8. The van der Waals surface area contributed by atoms with Crippen LogP contribution in [0.5, 0.6) is 0 Å². The third-order valence-electron chi connectivity index (χ3n) is 12.6. The van der Waals surface area contributed by atoms with Crippen LogP contribution in [0.25, 0.3) is 22.1 Å². The fraction of sp³-hybridized carbons (Fsp3) is 0.480. The second-order valence-electron chi connectivity index (χ2n) is 20.5. The highest BCUT2D eigenvalue weighted by Gasteiger charge is 2.36. The number of aromatic nitrogens is 6. The number of rotatable bonds is 8. The fourth-order valence-corrected chi connectivity index (χ4v) is 9.70. The lowest BCUT2D eigenvalue weighted by Crippen LogP contribution is -2.49. The number of benzene rings is 2. The first kappa shape index (κ1) is 53.4. The topological polar surface area (TPSA) is 195 Å². The summed E-state index contributed by atoms with van der Waals surface area (Å²) in [6.07, 6.45) is 2.57. The summed E-state index contributed by atoms with van der Waals surface area (Å²) in [5.41, 5.74) is 4.52. The zero-order valence-corrected chi connectivity index (χ0v) is 43.7. The van der Waals surface area contributed by atoms with Gasteiger partial charge in [-0.3, -0.25) is 27.9 Å². The number of esters is 1. The Morgan fingerprint density at radius 2 is 1.21 bits per heavy atom. The molecule has 2 atom stereocenters. The largest absolute Gasteiger partial charge is 0.456 e. The number of carbonyl (C=O) groups excluding carboxylic acids is 2. The predicted molar refractivity (Wildman–Crippen MR) is 275 cm³/mol. The summed E-state index contributed by atoms with van der Waals surface area (Å²) in [5.74, 6) is -0.582. The minimum Gasteiger partial charge on any atom is -0.456 e. The number of hydrogen-bond donors (Lipinski definition) is 2. The number of fused-ring (bicyclic) bond motifs is 2. The molecular formula is C50H62Cl2F2N10O8. The van der Waals surface area contributed by atoms with E-state index in [9.17, 15) is 37.5 Å². The maximum absolute atomic E-state index is 14.4. The number of anilines is 2. The molecular weight excluding hydrogens is 978 g/mol. The summed E-state index contributed by atoms with van der Waals surface area (Å²) < 4.78 is 47.6. The molecule has 6 aromatic rings. The Morgan fingerprint density at radius 1 is 0.681 bits per heavy atom. The average Bonchev–Trinajstić information content (AvgIpc) is 3.84. The van der Waals surface area contributed by atoms with E-state index in [2.05, 4.69) is 10.2 Å². The van der Waals surface area contributed by atoms with Crippen molar-refractivity contribution in [3.05, 3.63) is 123 Å². The van der Waals surface area contributed by atoms with E-state index in [1.807, 2.05) is 15.5 Å². The summed E-state index contributed by atoms with van der Waals surface area (Å²) in [4.78, 5) is 82.8. The number of halogens is 4. The highest BCUT2D eigenvalue weighted by atomic mass is 35.5. The van der Waals surface area contributed by atoms with Gasteiger partial charge in [0.1, 0.15) is 51.1 Å². The summed E-state index contributed by atoms with van der Waals surface area (Å²) >= 11 is 12.8. The van der Waals surface area contributed by atoms with Gasteiger partial charge in [-0.25, -0.2) is 28.0 Å². The van der Waals surface area contributed by atoms with E-state index in [1.54, 1.807) is 53.2 Å². The first-order valence-corrected chi connectivity index (χ1v) is 24.4. The van der Waals surface area contributed by atoms with Crippen LogP contribution in [-0.4, -0.2) is 88.9 Å². The SMILES string of the molecule is Cn1c(=O)c2c(c(C(=O)OC(C)(C)C)c(N3CCC[C@@H](NC(=O)OC(C)(C)C)C3)n2Cc2cc(F)ccc2Cl)n(C)c1=O.Cn1c(=O)c2c(cc(N3CCC[C@@H](N)C3)n2Cc2cc(F)ccc2Cl)n(C)c1=O. The van der Waals surface area contributed by atoms with Crippen LogP contribution < -0.4 is 43.3 Å². The normalized spacial score (nSPS) is 16.5. The van der Waals surface area contributed by atoms with Crippen molar-refractivity contribution in [2.75, 3.05) is 36.0 Å². The monoisotopic (exact) mass is 1040 g/mol. The van der Waals surface area contributed by atoms with Gasteiger partial charge < -0.3 is 39.5 Å². The minimum atomic E-state index is -0.893. The number of aryl methyl sites for hydroxylation is 2. The molecule has 0 spiro atoms. The molecule has 0 bridgehead atoms. The van der Waals surface area contributed by atoms with Crippen LogP contribution in [0.15, 0.2) is 61.6 Å². The Bertz CT molecular complexity index is 3340.